The summed E-state index contributed by atoms with van der Waals surface area (Å²) in [6.45, 7) is 11.2. The highest BCUT2D eigenvalue weighted by atomic mass is 16.4. The van der Waals surface area contributed by atoms with Crippen molar-refractivity contribution in [2.45, 2.75) is 91.4 Å². The van der Waals surface area contributed by atoms with Gasteiger partial charge in [-0.25, -0.2) is 0 Å². The second-order valence-corrected chi connectivity index (χ2v) is 11.2. The van der Waals surface area contributed by atoms with Crippen LogP contribution in [0.15, 0.2) is 47.1 Å². The minimum Gasteiger partial charge on any atom is -0.481 e. The molecule has 164 valence electrons. The van der Waals surface area contributed by atoms with Crippen LogP contribution >= 0.6 is 0 Å². The molecule has 30 heavy (non-hydrogen) atoms. The Balaban J connectivity index is 1.85. The lowest BCUT2D eigenvalue weighted by atomic mass is 9.60. The third-order valence-corrected chi connectivity index (χ3v) is 9.11. The Hall–Kier alpha value is -1.57. The molecule has 0 aromatic carbocycles. The van der Waals surface area contributed by atoms with Crippen molar-refractivity contribution >= 4 is 5.97 Å². The zero-order valence-electron chi connectivity index (χ0n) is 19.3. The maximum absolute atomic E-state index is 12.4. The van der Waals surface area contributed by atoms with Crippen LogP contribution < -0.4 is 0 Å². The highest BCUT2D eigenvalue weighted by molar-refractivity contribution is 5.75. The summed E-state index contributed by atoms with van der Waals surface area (Å²) in [6.07, 6.45) is 19.1. The zero-order valence-corrected chi connectivity index (χ0v) is 19.3. The van der Waals surface area contributed by atoms with Gasteiger partial charge in [0.1, 0.15) is 0 Å². The monoisotopic (exact) mass is 408 g/mol. The first kappa shape index (κ1) is 21.7. The number of carboxylic acid groups (broad SMARTS) is 1. The van der Waals surface area contributed by atoms with Crippen molar-refractivity contribution in [2.75, 3.05) is 0 Å². The van der Waals surface area contributed by atoms with Gasteiger partial charge in [0.25, 0.3) is 0 Å². The third-order valence-electron chi connectivity index (χ3n) is 9.11. The molecule has 0 aromatic rings. The van der Waals surface area contributed by atoms with E-state index in [1.54, 1.807) is 5.57 Å². The smallest absolute Gasteiger partial charge is 0.310 e. The molecule has 2 heteroatoms. The molecule has 3 fully saturated rings. The molecule has 0 heterocycles. The van der Waals surface area contributed by atoms with Gasteiger partial charge in [0, 0.05) is 0 Å². The second-order valence-electron chi connectivity index (χ2n) is 11.2. The molecule has 4 aliphatic rings. The molecule has 4 aliphatic carbocycles. The van der Waals surface area contributed by atoms with Crippen LogP contribution in [0.3, 0.4) is 0 Å². The van der Waals surface area contributed by atoms with Gasteiger partial charge in [0.05, 0.1) is 5.41 Å². The van der Waals surface area contributed by atoms with Gasteiger partial charge in [-0.05, 0) is 112 Å². The molecule has 1 N–H and O–H groups in total. The molecule has 0 radical (unpaired) electrons. The molecule has 5 atom stereocenters. The van der Waals surface area contributed by atoms with Crippen molar-refractivity contribution in [1.82, 2.24) is 0 Å². The summed E-state index contributed by atoms with van der Waals surface area (Å²) in [6, 6.07) is 0. The van der Waals surface area contributed by atoms with Crippen LogP contribution in [-0.2, 0) is 4.79 Å². The molecule has 2 nitrogen and oxygen atoms in total. The highest BCUT2D eigenvalue weighted by Crippen LogP contribution is 2.60. The SMILES string of the molecule is C=C1CCCCC1=C1C=C2CCC[C@@]3(C)C2CC[C@@H]3[C@H](C)C=CCC(C)(C(=O)O)C1. The van der Waals surface area contributed by atoms with Gasteiger partial charge in [0.2, 0.25) is 0 Å². The summed E-state index contributed by atoms with van der Waals surface area (Å²) in [5, 5.41) is 10.2. The van der Waals surface area contributed by atoms with E-state index in [0.29, 0.717) is 36.0 Å². The average molecular weight is 409 g/mol. The van der Waals surface area contributed by atoms with E-state index in [1.165, 1.54) is 61.7 Å². The van der Waals surface area contributed by atoms with Crippen LogP contribution in [0.1, 0.15) is 91.4 Å². The van der Waals surface area contributed by atoms with E-state index in [1.807, 2.05) is 6.92 Å². The summed E-state index contributed by atoms with van der Waals surface area (Å²) in [7, 11) is 0. The van der Waals surface area contributed by atoms with Gasteiger partial charge in [-0.15, -0.1) is 0 Å². The van der Waals surface area contributed by atoms with Crippen LogP contribution in [0.5, 0.6) is 0 Å². The van der Waals surface area contributed by atoms with E-state index in [4.69, 9.17) is 0 Å². The van der Waals surface area contributed by atoms with Crippen LogP contribution in [-0.4, -0.2) is 11.1 Å². The second kappa shape index (κ2) is 8.17. The Kier molecular flexibility index (Phi) is 5.90. The number of carboxylic acids is 1. The van der Waals surface area contributed by atoms with Crippen molar-refractivity contribution in [3.8, 4) is 0 Å². The molecular weight excluding hydrogens is 368 g/mol. The number of aliphatic carboxylic acids is 1. The Labute approximate surface area is 183 Å². The molecule has 0 aliphatic heterocycles. The normalized spacial score (nSPS) is 42.3. The largest absolute Gasteiger partial charge is 0.481 e. The average Bonchev–Trinajstić information content (AvgIpc) is 3.05. The highest BCUT2D eigenvalue weighted by Gasteiger charge is 2.50. The quantitative estimate of drug-likeness (QED) is 0.453. The Morgan fingerprint density at radius 1 is 1.13 bits per heavy atom. The summed E-state index contributed by atoms with van der Waals surface area (Å²) in [5.41, 5.74) is 5.15. The number of rotatable bonds is 1. The van der Waals surface area contributed by atoms with Gasteiger partial charge < -0.3 is 5.11 Å². The van der Waals surface area contributed by atoms with Crippen molar-refractivity contribution in [1.29, 1.82) is 0 Å². The van der Waals surface area contributed by atoms with Crippen LogP contribution in [0, 0.1) is 28.6 Å². The maximum Gasteiger partial charge on any atom is 0.310 e. The van der Waals surface area contributed by atoms with Crippen molar-refractivity contribution in [3.05, 3.63) is 47.1 Å². The van der Waals surface area contributed by atoms with E-state index in [0.717, 1.165) is 12.8 Å². The van der Waals surface area contributed by atoms with Gasteiger partial charge in [-0.3, -0.25) is 4.79 Å². The fourth-order valence-electron chi connectivity index (χ4n) is 7.27. The molecule has 4 bridgehead atoms. The van der Waals surface area contributed by atoms with E-state index in [-0.39, 0.29) is 0 Å². The standard InChI is InChI=1S/C28H40O2/c1-19-9-5-6-12-23(19)22-17-21-11-8-16-28(4)24(13-14-25(21)28)20(2)10-7-15-27(3,18-22)26(29)30/h7,10,17,20,24-25H,1,5-6,8-9,11-16,18H2,2-4H3,(H,29,30)/t20-,24-,25?,27?,28-/m1/s1. The first-order valence-electron chi connectivity index (χ1n) is 12.3. The summed E-state index contributed by atoms with van der Waals surface area (Å²) in [5.74, 6) is 1.22. The van der Waals surface area contributed by atoms with Gasteiger partial charge >= 0.3 is 5.97 Å². The predicted octanol–water partition coefficient (Wildman–Crippen LogP) is 7.63. The number of carbonyl (C=O) groups is 1. The van der Waals surface area contributed by atoms with E-state index in [2.05, 4.69) is 38.7 Å². The fraction of sp³-hybridized carbons (Fsp3) is 0.679. The van der Waals surface area contributed by atoms with Crippen molar-refractivity contribution in [3.63, 3.8) is 0 Å². The van der Waals surface area contributed by atoms with Crippen LogP contribution in [0.25, 0.3) is 0 Å². The minimum atomic E-state index is -0.760. The van der Waals surface area contributed by atoms with Gasteiger partial charge in [-0.2, -0.15) is 0 Å². The lowest BCUT2D eigenvalue weighted by molar-refractivity contribution is -0.147. The molecule has 0 saturated heterocycles. The maximum atomic E-state index is 12.4. The minimum absolute atomic E-state index is 0.391. The Morgan fingerprint density at radius 2 is 1.90 bits per heavy atom. The van der Waals surface area contributed by atoms with Gasteiger partial charge in [-0.1, -0.05) is 49.8 Å². The Morgan fingerprint density at radius 3 is 2.63 bits per heavy atom. The predicted molar refractivity (Wildman–Crippen MR) is 124 cm³/mol. The van der Waals surface area contributed by atoms with Crippen molar-refractivity contribution in [2.24, 2.45) is 28.6 Å². The van der Waals surface area contributed by atoms with Crippen LogP contribution in [0.2, 0.25) is 0 Å². The summed E-state index contributed by atoms with van der Waals surface area (Å²) in [4.78, 5) is 12.4. The zero-order chi connectivity index (χ0) is 21.5. The first-order valence-corrected chi connectivity index (χ1v) is 12.3. The molecule has 4 rings (SSSR count). The molecule has 3 saturated carbocycles. The molecule has 2 unspecified atom stereocenters. The Bertz CT molecular complexity index is 812. The van der Waals surface area contributed by atoms with Crippen molar-refractivity contribution < 1.29 is 9.90 Å². The lowest BCUT2D eigenvalue weighted by Gasteiger charge is -2.44. The number of hydrogen-bond acceptors (Lipinski definition) is 1. The third kappa shape index (κ3) is 3.76. The first-order chi connectivity index (χ1) is 14.2. The molecular formula is C28H40O2. The lowest BCUT2D eigenvalue weighted by Crippen LogP contribution is -2.36. The van der Waals surface area contributed by atoms with E-state index in [9.17, 15) is 9.90 Å². The molecule has 0 spiro atoms. The fourth-order valence-corrected chi connectivity index (χ4v) is 7.27. The van der Waals surface area contributed by atoms with E-state index < -0.39 is 11.4 Å². The molecule has 0 aromatic heterocycles. The van der Waals surface area contributed by atoms with Crippen LogP contribution in [0.4, 0.5) is 0 Å². The summed E-state index contributed by atoms with van der Waals surface area (Å²) < 4.78 is 0. The number of hydrogen-bond donors (Lipinski definition) is 1. The number of allylic oxidation sites excluding steroid dienone is 7. The summed E-state index contributed by atoms with van der Waals surface area (Å²) >= 11 is 0. The van der Waals surface area contributed by atoms with E-state index >= 15 is 0 Å². The topological polar surface area (TPSA) is 37.3 Å². The van der Waals surface area contributed by atoms with Gasteiger partial charge in [0.15, 0.2) is 0 Å². The molecule has 0 amide bonds.